The van der Waals surface area contributed by atoms with Crippen molar-refractivity contribution in [1.82, 2.24) is 9.88 Å². The third-order valence-electron chi connectivity index (χ3n) is 5.75. The second-order valence-corrected chi connectivity index (χ2v) is 7.57. The van der Waals surface area contributed by atoms with Crippen LogP contribution in [0.5, 0.6) is 5.75 Å². The Bertz CT molecular complexity index is 1000. The number of aromatic nitrogens is 1. The highest BCUT2D eigenvalue weighted by Crippen LogP contribution is 2.33. The van der Waals surface area contributed by atoms with E-state index in [2.05, 4.69) is 29.2 Å². The SMILES string of the molecule is COc1ccncc1C(O)[C@H]1CCCCN1C(=O)Cc1ccc2ccccc2c1. The summed E-state index contributed by atoms with van der Waals surface area (Å²) < 4.78 is 5.39. The fraction of sp³-hybridized carbons (Fsp3) is 0.333. The highest BCUT2D eigenvalue weighted by Gasteiger charge is 2.34. The van der Waals surface area contributed by atoms with E-state index in [4.69, 9.17) is 4.74 Å². The van der Waals surface area contributed by atoms with Gasteiger partial charge in [-0.3, -0.25) is 9.78 Å². The average Bonchev–Trinajstić information content (AvgIpc) is 2.78. The van der Waals surface area contributed by atoms with E-state index in [1.807, 2.05) is 23.1 Å². The molecule has 1 saturated heterocycles. The minimum atomic E-state index is -0.820. The molecule has 4 rings (SSSR count). The number of nitrogens with zero attached hydrogens (tertiary/aromatic N) is 2. The fourth-order valence-corrected chi connectivity index (χ4v) is 4.23. The molecule has 1 aromatic heterocycles. The molecule has 2 heterocycles. The number of hydrogen-bond acceptors (Lipinski definition) is 4. The van der Waals surface area contributed by atoms with Crippen LogP contribution < -0.4 is 4.74 Å². The predicted octanol–water partition coefficient (Wildman–Crippen LogP) is 3.90. The van der Waals surface area contributed by atoms with E-state index in [1.165, 1.54) is 5.39 Å². The molecule has 1 N–H and O–H groups in total. The minimum Gasteiger partial charge on any atom is -0.496 e. The number of benzene rings is 2. The number of hydrogen-bond donors (Lipinski definition) is 1. The summed E-state index contributed by atoms with van der Waals surface area (Å²) in [6.45, 7) is 0.663. The van der Waals surface area contributed by atoms with Gasteiger partial charge >= 0.3 is 0 Å². The third kappa shape index (κ3) is 4.10. The number of pyridine rings is 1. The molecule has 2 atom stereocenters. The standard InChI is InChI=1S/C24H26N2O3/c1-29-22-11-12-25-16-20(22)24(28)21-8-4-5-13-26(21)23(27)15-17-9-10-18-6-2-3-7-19(18)14-17/h2-3,6-7,9-12,14,16,21,24,28H,4-5,8,13,15H2,1H3/t21-,24?/m1/s1. The summed E-state index contributed by atoms with van der Waals surface area (Å²) in [6, 6.07) is 15.8. The van der Waals surface area contributed by atoms with Gasteiger partial charge in [0.1, 0.15) is 11.9 Å². The highest BCUT2D eigenvalue weighted by molar-refractivity contribution is 5.85. The normalized spacial score (nSPS) is 17.9. The van der Waals surface area contributed by atoms with Gasteiger partial charge in [0.15, 0.2) is 0 Å². The van der Waals surface area contributed by atoms with Crippen LogP contribution in [0.4, 0.5) is 0 Å². The van der Waals surface area contributed by atoms with Gasteiger partial charge in [-0.25, -0.2) is 0 Å². The molecule has 0 radical (unpaired) electrons. The van der Waals surface area contributed by atoms with Crippen molar-refractivity contribution in [3.05, 3.63) is 72.1 Å². The van der Waals surface area contributed by atoms with Crippen molar-refractivity contribution in [2.45, 2.75) is 37.8 Å². The number of rotatable bonds is 5. The molecule has 3 aromatic rings. The van der Waals surface area contributed by atoms with E-state index in [0.717, 1.165) is 30.2 Å². The van der Waals surface area contributed by atoms with E-state index in [-0.39, 0.29) is 11.9 Å². The number of carbonyl (C=O) groups is 1. The Morgan fingerprint density at radius 3 is 2.86 bits per heavy atom. The molecule has 1 aliphatic rings. The number of aliphatic hydroxyl groups excluding tert-OH is 1. The predicted molar refractivity (Wildman–Crippen MR) is 113 cm³/mol. The van der Waals surface area contributed by atoms with Gasteiger partial charge in [0.25, 0.3) is 0 Å². The highest BCUT2D eigenvalue weighted by atomic mass is 16.5. The zero-order valence-corrected chi connectivity index (χ0v) is 16.6. The molecule has 5 nitrogen and oxygen atoms in total. The molecular formula is C24H26N2O3. The number of fused-ring (bicyclic) bond motifs is 1. The molecule has 1 aliphatic heterocycles. The first-order valence-electron chi connectivity index (χ1n) is 10.1. The van der Waals surface area contributed by atoms with Crippen molar-refractivity contribution in [3.8, 4) is 5.75 Å². The molecule has 1 fully saturated rings. The van der Waals surface area contributed by atoms with Crippen LogP contribution in [0.15, 0.2) is 60.9 Å². The molecule has 5 heteroatoms. The lowest BCUT2D eigenvalue weighted by Crippen LogP contribution is -2.47. The number of likely N-dealkylation sites (tertiary alicyclic amines) is 1. The maximum absolute atomic E-state index is 13.2. The number of carbonyl (C=O) groups excluding carboxylic acids is 1. The maximum Gasteiger partial charge on any atom is 0.227 e. The smallest absolute Gasteiger partial charge is 0.227 e. The van der Waals surface area contributed by atoms with Crippen LogP contribution in [0.1, 0.15) is 36.5 Å². The molecule has 0 aliphatic carbocycles. The lowest BCUT2D eigenvalue weighted by Gasteiger charge is -2.39. The van der Waals surface area contributed by atoms with E-state index < -0.39 is 6.10 Å². The first-order valence-corrected chi connectivity index (χ1v) is 10.1. The van der Waals surface area contributed by atoms with Gasteiger partial charge in [-0.15, -0.1) is 0 Å². The van der Waals surface area contributed by atoms with Crippen molar-refractivity contribution >= 4 is 16.7 Å². The summed E-state index contributed by atoms with van der Waals surface area (Å²) in [5, 5.41) is 13.4. The Kier molecular flexibility index (Phi) is 5.76. The van der Waals surface area contributed by atoms with Crippen molar-refractivity contribution < 1.29 is 14.6 Å². The largest absolute Gasteiger partial charge is 0.496 e. The number of ether oxygens (including phenoxy) is 1. The summed E-state index contributed by atoms with van der Waals surface area (Å²) in [5.74, 6) is 0.645. The van der Waals surface area contributed by atoms with Gasteiger partial charge in [0, 0.05) is 24.5 Å². The maximum atomic E-state index is 13.2. The minimum absolute atomic E-state index is 0.0480. The Morgan fingerprint density at radius 1 is 1.21 bits per heavy atom. The molecule has 1 amide bonds. The molecule has 29 heavy (non-hydrogen) atoms. The molecule has 150 valence electrons. The topological polar surface area (TPSA) is 62.7 Å². The van der Waals surface area contributed by atoms with E-state index in [9.17, 15) is 9.90 Å². The lowest BCUT2D eigenvalue weighted by atomic mass is 9.92. The van der Waals surface area contributed by atoms with Crippen molar-refractivity contribution in [2.75, 3.05) is 13.7 Å². The summed E-state index contributed by atoms with van der Waals surface area (Å²) in [5.41, 5.74) is 1.62. The zero-order valence-electron chi connectivity index (χ0n) is 16.6. The number of aliphatic hydroxyl groups is 1. The van der Waals surface area contributed by atoms with Crippen molar-refractivity contribution in [3.63, 3.8) is 0 Å². The van der Waals surface area contributed by atoms with Crippen LogP contribution in [0.2, 0.25) is 0 Å². The Morgan fingerprint density at radius 2 is 2.03 bits per heavy atom. The molecule has 2 aromatic carbocycles. The molecule has 0 spiro atoms. The molecular weight excluding hydrogens is 364 g/mol. The summed E-state index contributed by atoms with van der Waals surface area (Å²) in [6.07, 6.45) is 5.49. The van der Waals surface area contributed by atoms with Crippen molar-refractivity contribution in [1.29, 1.82) is 0 Å². The van der Waals surface area contributed by atoms with Crippen LogP contribution in [-0.2, 0) is 11.2 Å². The van der Waals surface area contributed by atoms with Crippen LogP contribution in [0.25, 0.3) is 10.8 Å². The first-order chi connectivity index (χ1) is 14.2. The Balaban J connectivity index is 1.55. The molecule has 0 saturated carbocycles. The second-order valence-electron chi connectivity index (χ2n) is 7.57. The number of piperidine rings is 1. The second kappa shape index (κ2) is 8.62. The van der Waals surface area contributed by atoms with Gasteiger partial charge < -0.3 is 14.7 Å². The average molecular weight is 390 g/mol. The van der Waals surface area contributed by atoms with E-state index in [1.54, 1.807) is 25.6 Å². The van der Waals surface area contributed by atoms with Gasteiger partial charge in [-0.1, -0.05) is 42.5 Å². The fourth-order valence-electron chi connectivity index (χ4n) is 4.23. The monoisotopic (exact) mass is 390 g/mol. The quantitative estimate of drug-likeness (QED) is 0.718. The van der Waals surface area contributed by atoms with Gasteiger partial charge in [-0.05, 0) is 41.7 Å². The van der Waals surface area contributed by atoms with Gasteiger partial charge in [0.05, 0.1) is 19.6 Å². The van der Waals surface area contributed by atoms with Crippen LogP contribution >= 0.6 is 0 Å². The van der Waals surface area contributed by atoms with Gasteiger partial charge in [-0.2, -0.15) is 0 Å². The molecule has 1 unspecified atom stereocenters. The molecule has 0 bridgehead atoms. The van der Waals surface area contributed by atoms with Crippen LogP contribution in [0.3, 0.4) is 0 Å². The third-order valence-corrected chi connectivity index (χ3v) is 5.75. The van der Waals surface area contributed by atoms with Crippen molar-refractivity contribution in [2.24, 2.45) is 0 Å². The summed E-state index contributed by atoms with van der Waals surface area (Å²) in [7, 11) is 1.58. The number of amides is 1. The Labute approximate surface area is 170 Å². The Hall–Kier alpha value is -2.92. The number of methoxy groups -OCH3 is 1. The summed E-state index contributed by atoms with van der Waals surface area (Å²) >= 11 is 0. The van der Waals surface area contributed by atoms with E-state index in [0.29, 0.717) is 24.3 Å². The summed E-state index contributed by atoms with van der Waals surface area (Å²) in [4.78, 5) is 19.1. The first kappa shape index (κ1) is 19.4. The zero-order chi connectivity index (χ0) is 20.2. The lowest BCUT2D eigenvalue weighted by molar-refractivity contribution is -0.137. The van der Waals surface area contributed by atoms with Crippen LogP contribution in [-0.4, -0.2) is 40.6 Å². The van der Waals surface area contributed by atoms with Crippen LogP contribution in [0, 0.1) is 0 Å². The van der Waals surface area contributed by atoms with E-state index >= 15 is 0 Å². The van der Waals surface area contributed by atoms with Gasteiger partial charge in [0.2, 0.25) is 5.91 Å².